The van der Waals surface area contributed by atoms with Gasteiger partial charge in [0.05, 0.1) is 11.6 Å². The first-order chi connectivity index (χ1) is 14.1. The number of Topliss-reactive ketones (excluding diaryl/α,β-unsaturated/α-hetero) is 1. The Morgan fingerprint density at radius 3 is 2.45 bits per heavy atom. The number of halogens is 1. The highest BCUT2D eigenvalue weighted by molar-refractivity contribution is 9.10. The Morgan fingerprint density at radius 2 is 1.72 bits per heavy atom. The molecular weight excluding hydrogens is 428 g/mol. The number of hydrogen-bond acceptors (Lipinski definition) is 4. The number of nitrogens with zero attached hydrogens (tertiary/aromatic N) is 2. The molecule has 0 atom stereocenters. The monoisotopic (exact) mass is 442 g/mol. The van der Waals surface area contributed by atoms with Crippen molar-refractivity contribution in [2.45, 2.75) is 6.61 Å². The summed E-state index contributed by atoms with van der Waals surface area (Å²) >= 11 is 3.41. The molecule has 3 aromatic carbocycles. The highest BCUT2D eigenvalue weighted by atomic mass is 79.9. The number of carbonyl (C=O) groups is 1. The molecule has 0 N–H and O–H groups in total. The van der Waals surface area contributed by atoms with Gasteiger partial charge in [-0.15, -0.1) is 0 Å². The van der Waals surface area contributed by atoms with E-state index in [1.165, 1.54) is 6.08 Å². The molecular formula is C24H15BrN2O2. The molecule has 140 valence electrons. The number of carbonyl (C=O) groups excluding carboxylic acids is 1. The van der Waals surface area contributed by atoms with Gasteiger partial charge in [-0.3, -0.25) is 4.79 Å². The molecule has 0 fully saturated rings. The lowest BCUT2D eigenvalue weighted by Gasteiger charge is -2.11. The van der Waals surface area contributed by atoms with Crippen molar-refractivity contribution in [3.05, 3.63) is 105 Å². The molecule has 0 heterocycles. The molecule has 0 bridgehead atoms. The largest absolute Gasteiger partial charge is 0.488 e. The van der Waals surface area contributed by atoms with Crippen molar-refractivity contribution >= 4 is 27.8 Å². The van der Waals surface area contributed by atoms with Gasteiger partial charge in [-0.25, -0.2) is 0 Å². The van der Waals surface area contributed by atoms with Gasteiger partial charge in [0.2, 0.25) is 5.78 Å². The molecule has 0 spiro atoms. The SMILES string of the molecule is N#C/C(=C\c1cc(Br)ccc1OCc1ccccc1C#N)C(=O)c1ccccc1. The molecule has 0 aliphatic carbocycles. The van der Waals surface area contributed by atoms with E-state index in [1.807, 2.05) is 30.3 Å². The zero-order valence-electron chi connectivity index (χ0n) is 15.3. The molecule has 3 aromatic rings. The molecule has 5 heteroatoms. The summed E-state index contributed by atoms with van der Waals surface area (Å²) in [4.78, 5) is 12.7. The average molecular weight is 443 g/mol. The fourth-order valence-corrected chi connectivity index (χ4v) is 3.10. The zero-order chi connectivity index (χ0) is 20.6. The maximum Gasteiger partial charge on any atom is 0.203 e. The molecule has 4 nitrogen and oxygen atoms in total. The van der Waals surface area contributed by atoms with Crippen LogP contribution < -0.4 is 4.74 Å². The minimum atomic E-state index is -0.353. The van der Waals surface area contributed by atoms with Gasteiger partial charge < -0.3 is 4.74 Å². The summed E-state index contributed by atoms with van der Waals surface area (Å²) in [5.41, 5.74) is 2.35. The normalized spacial score (nSPS) is 10.7. The molecule has 0 radical (unpaired) electrons. The van der Waals surface area contributed by atoms with E-state index in [-0.39, 0.29) is 18.0 Å². The second-order valence-electron chi connectivity index (χ2n) is 6.10. The molecule has 0 aromatic heterocycles. The number of ether oxygens (including phenoxy) is 1. The summed E-state index contributed by atoms with van der Waals surface area (Å²) in [6.45, 7) is 0.195. The van der Waals surface area contributed by atoms with Crippen molar-refractivity contribution in [2.75, 3.05) is 0 Å². The van der Waals surface area contributed by atoms with Gasteiger partial charge in [0.25, 0.3) is 0 Å². The van der Waals surface area contributed by atoms with Crippen LogP contribution in [0.4, 0.5) is 0 Å². The second kappa shape index (κ2) is 9.50. The Morgan fingerprint density at radius 1 is 1.00 bits per heavy atom. The van der Waals surface area contributed by atoms with Gasteiger partial charge in [0.15, 0.2) is 0 Å². The van der Waals surface area contributed by atoms with Gasteiger partial charge in [-0.1, -0.05) is 64.5 Å². The summed E-state index contributed by atoms with van der Waals surface area (Å²) < 4.78 is 6.70. The standard InChI is InChI=1S/C24H15BrN2O2/c25-22-10-11-23(29-16-19-9-5-4-8-18(19)14-26)20(13-22)12-21(15-27)24(28)17-6-2-1-3-7-17/h1-13H,16H2/b21-12+. The zero-order valence-corrected chi connectivity index (χ0v) is 16.9. The van der Waals surface area contributed by atoms with Crippen LogP contribution in [0.1, 0.15) is 27.0 Å². The number of hydrogen-bond donors (Lipinski definition) is 0. The topological polar surface area (TPSA) is 73.9 Å². The van der Waals surface area contributed by atoms with Crippen molar-refractivity contribution < 1.29 is 9.53 Å². The third-order valence-electron chi connectivity index (χ3n) is 4.19. The number of allylic oxidation sites excluding steroid dienone is 1. The fourth-order valence-electron chi connectivity index (χ4n) is 2.72. The minimum absolute atomic E-state index is 0.0107. The predicted octanol–water partition coefficient (Wildman–Crippen LogP) is 5.69. The summed E-state index contributed by atoms with van der Waals surface area (Å²) in [6, 6.07) is 25.3. The van der Waals surface area contributed by atoms with Gasteiger partial charge in [0, 0.05) is 21.2 Å². The average Bonchev–Trinajstić information content (AvgIpc) is 2.77. The van der Waals surface area contributed by atoms with Crippen LogP contribution in [0.3, 0.4) is 0 Å². The summed E-state index contributed by atoms with van der Waals surface area (Å²) in [5.74, 6) is 0.156. The van der Waals surface area contributed by atoms with Crippen molar-refractivity contribution in [2.24, 2.45) is 0 Å². The first kappa shape index (κ1) is 20.1. The maximum atomic E-state index is 12.7. The number of rotatable bonds is 6. The van der Waals surface area contributed by atoms with E-state index >= 15 is 0 Å². The van der Waals surface area contributed by atoms with Crippen molar-refractivity contribution in [3.63, 3.8) is 0 Å². The van der Waals surface area contributed by atoms with Crippen LogP contribution in [0.25, 0.3) is 6.08 Å². The van der Waals surface area contributed by atoms with Crippen molar-refractivity contribution in [1.29, 1.82) is 10.5 Å². The van der Waals surface area contributed by atoms with Crippen LogP contribution in [-0.4, -0.2) is 5.78 Å². The van der Waals surface area contributed by atoms with Crippen LogP contribution in [-0.2, 0) is 6.61 Å². The Labute approximate surface area is 177 Å². The van der Waals surface area contributed by atoms with E-state index in [0.29, 0.717) is 22.4 Å². The first-order valence-corrected chi connectivity index (χ1v) is 9.53. The summed E-state index contributed by atoms with van der Waals surface area (Å²) in [6.07, 6.45) is 1.52. The molecule has 0 aliphatic heterocycles. The van der Waals surface area contributed by atoms with Crippen LogP contribution >= 0.6 is 15.9 Å². The van der Waals surface area contributed by atoms with Crippen LogP contribution in [0, 0.1) is 22.7 Å². The minimum Gasteiger partial charge on any atom is -0.488 e. The lowest BCUT2D eigenvalue weighted by molar-refractivity contribution is 0.104. The van der Waals surface area contributed by atoms with E-state index < -0.39 is 0 Å². The molecule has 0 amide bonds. The summed E-state index contributed by atoms with van der Waals surface area (Å²) in [7, 11) is 0. The lowest BCUT2D eigenvalue weighted by Crippen LogP contribution is -2.03. The van der Waals surface area contributed by atoms with E-state index in [9.17, 15) is 15.3 Å². The van der Waals surface area contributed by atoms with Crippen molar-refractivity contribution in [3.8, 4) is 17.9 Å². The van der Waals surface area contributed by atoms with Crippen LogP contribution in [0.5, 0.6) is 5.75 Å². The van der Waals surface area contributed by atoms with Gasteiger partial charge in [-0.05, 0) is 30.3 Å². The molecule has 0 saturated carbocycles. The number of nitriles is 2. The fraction of sp³-hybridized carbons (Fsp3) is 0.0417. The van der Waals surface area contributed by atoms with Gasteiger partial charge in [0.1, 0.15) is 24.0 Å². The smallest absolute Gasteiger partial charge is 0.203 e. The molecule has 0 unspecified atom stereocenters. The second-order valence-corrected chi connectivity index (χ2v) is 7.02. The Kier molecular flexibility index (Phi) is 6.58. The van der Waals surface area contributed by atoms with E-state index in [2.05, 4.69) is 22.0 Å². The quantitative estimate of drug-likeness (QED) is 0.279. The van der Waals surface area contributed by atoms with E-state index in [1.54, 1.807) is 48.5 Å². The highest BCUT2D eigenvalue weighted by Crippen LogP contribution is 2.27. The molecule has 0 aliphatic rings. The Balaban J connectivity index is 1.92. The maximum absolute atomic E-state index is 12.7. The summed E-state index contributed by atoms with van der Waals surface area (Å²) in [5, 5.41) is 18.8. The van der Waals surface area contributed by atoms with Gasteiger partial charge >= 0.3 is 0 Å². The number of benzene rings is 3. The molecule has 3 rings (SSSR count). The lowest BCUT2D eigenvalue weighted by atomic mass is 10.0. The molecule has 0 saturated heterocycles. The predicted molar refractivity (Wildman–Crippen MR) is 114 cm³/mol. The van der Waals surface area contributed by atoms with Crippen LogP contribution in [0.2, 0.25) is 0 Å². The van der Waals surface area contributed by atoms with Crippen molar-refractivity contribution in [1.82, 2.24) is 0 Å². The highest BCUT2D eigenvalue weighted by Gasteiger charge is 2.14. The number of ketones is 1. The molecule has 29 heavy (non-hydrogen) atoms. The van der Waals surface area contributed by atoms with Gasteiger partial charge in [-0.2, -0.15) is 10.5 Å². The van der Waals surface area contributed by atoms with Crippen LogP contribution in [0.15, 0.2) is 82.8 Å². The van der Waals surface area contributed by atoms with E-state index in [0.717, 1.165) is 10.0 Å². The first-order valence-electron chi connectivity index (χ1n) is 8.74. The Hall–Kier alpha value is -3.67. The van der Waals surface area contributed by atoms with E-state index in [4.69, 9.17) is 4.74 Å². The third kappa shape index (κ3) is 4.99. The third-order valence-corrected chi connectivity index (χ3v) is 4.69. The Bertz CT molecular complexity index is 1160.